The number of halogens is 3. The summed E-state index contributed by atoms with van der Waals surface area (Å²) in [6, 6.07) is 4.86. The molecule has 0 radical (unpaired) electrons. The fourth-order valence-electron chi connectivity index (χ4n) is 2.98. The lowest BCUT2D eigenvalue weighted by Crippen LogP contribution is -2.23. The molecule has 6 nitrogen and oxygen atoms in total. The summed E-state index contributed by atoms with van der Waals surface area (Å²) in [5.74, 6) is -2.02. The van der Waals surface area contributed by atoms with Gasteiger partial charge in [0.1, 0.15) is 0 Å². The molecule has 2 N–H and O–H groups in total. The minimum absolute atomic E-state index is 0.0236. The van der Waals surface area contributed by atoms with Crippen LogP contribution in [0.25, 0.3) is 16.8 Å². The molecule has 2 atom stereocenters. The Morgan fingerprint density at radius 2 is 2.08 bits per heavy atom. The minimum atomic E-state index is -4.24. The van der Waals surface area contributed by atoms with Crippen LogP contribution in [0.1, 0.15) is 17.9 Å². The lowest BCUT2D eigenvalue weighted by molar-refractivity contribution is -0.148. The Bertz CT molecular complexity index is 1050. The fraction of sp³-hybridized carbons (Fsp3) is 0.267. The summed E-state index contributed by atoms with van der Waals surface area (Å²) >= 11 is 0. The highest BCUT2D eigenvalue weighted by molar-refractivity contribution is 5.65. The Labute approximate surface area is 132 Å². The first kappa shape index (κ1) is 14.7. The molecule has 1 aliphatic rings. The molecule has 0 amide bonds. The van der Waals surface area contributed by atoms with E-state index in [0.717, 1.165) is 0 Å². The van der Waals surface area contributed by atoms with Crippen molar-refractivity contribution in [3.8, 4) is 11.3 Å². The Morgan fingerprint density at radius 3 is 2.75 bits per heavy atom. The van der Waals surface area contributed by atoms with Crippen molar-refractivity contribution >= 4 is 5.52 Å². The predicted molar refractivity (Wildman–Crippen MR) is 78.8 cm³/mol. The van der Waals surface area contributed by atoms with Crippen LogP contribution in [0.15, 0.2) is 40.2 Å². The van der Waals surface area contributed by atoms with Gasteiger partial charge in [-0.25, -0.2) is 9.31 Å². The summed E-state index contributed by atoms with van der Waals surface area (Å²) in [4.78, 5) is 27.5. The third-order valence-corrected chi connectivity index (χ3v) is 4.24. The number of aromatic nitrogens is 4. The van der Waals surface area contributed by atoms with Gasteiger partial charge in [-0.05, 0) is 36.1 Å². The molecule has 0 saturated heterocycles. The van der Waals surface area contributed by atoms with Crippen LogP contribution >= 0.6 is 0 Å². The molecule has 3 heterocycles. The van der Waals surface area contributed by atoms with E-state index in [4.69, 9.17) is 0 Å². The number of alkyl halides is 3. The molecule has 1 aliphatic carbocycles. The fourth-order valence-corrected chi connectivity index (χ4v) is 2.98. The van der Waals surface area contributed by atoms with Gasteiger partial charge in [0.25, 0.3) is 5.56 Å². The quantitative estimate of drug-likeness (QED) is 0.751. The lowest BCUT2D eigenvalue weighted by atomic mass is 10.1. The smallest absolute Gasteiger partial charge is 0.313 e. The van der Waals surface area contributed by atoms with Crippen molar-refractivity contribution < 1.29 is 13.2 Å². The first-order valence-electron chi connectivity index (χ1n) is 7.22. The van der Waals surface area contributed by atoms with E-state index in [1.807, 2.05) is 0 Å². The molecule has 3 aromatic rings. The van der Waals surface area contributed by atoms with Crippen LogP contribution in [-0.4, -0.2) is 25.8 Å². The molecule has 1 fully saturated rings. The van der Waals surface area contributed by atoms with Crippen molar-refractivity contribution in [3.05, 3.63) is 57.0 Å². The third-order valence-electron chi connectivity index (χ3n) is 4.24. The number of H-pyrrole nitrogens is 2. The Hall–Kier alpha value is -2.84. The Kier molecular flexibility index (Phi) is 2.96. The van der Waals surface area contributed by atoms with Crippen LogP contribution < -0.4 is 11.2 Å². The lowest BCUT2D eigenvalue weighted by Gasteiger charge is -2.09. The van der Waals surface area contributed by atoms with Crippen LogP contribution in [-0.2, 0) is 0 Å². The van der Waals surface area contributed by atoms with Crippen molar-refractivity contribution in [1.29, 1.82) is 0 Å². The van der Waals surface area contributed by atoms with Gasteiger partial charge in [0.05, 0.1) is 22.7 Å². The average Bonchev–Trinajstić information content (AvgIpc) is 3.17. The first-order valence-corrected chi connectivity index (χ1v) is 7.22. The molecule has 0 bridgehead atoms. The molecule has 0 aromatic carbocycles. The van der Waals surface area contributed by atoms with Crippen LogP contribution in [0.5, 0.6) is 0 Å². The molecular formula is C15H11F3N4O2. The van der Waals surface area contributed by atoms with E-state index in [1.54, 1.807) is 18.3 Å². The van der Waals surface area contributed by atoms with Crippen LogP contribution in [0.3, 0.4) is 0 Å². The summed E-state index contributed by atoms with van der Waals surface area (Å²) in [6.45, 7) is 0. The van der Waals surface area contributed by atoms with Crippen LogP contribution in [0.2, 0.25) is 0 Å². The molecular weight excluding hydrogens is 325 g/mol. The first-order chi connectivity index (χ1) is 11.3. The predicted octanol–water partition coefficient (Wildman–Crippen LogP) is 2.04. The van der Waals surface area contributed by atoms with Gasteiger partial charge in [-0.3, -0.25) is 9.78 Å². The van der Waals surface area contributed by atoms with Crippen molar-refractivity contribution in [3.63, 3.8) is 0 Å². The van der Waals surface area contributed by atoms with E-state index < -0.39 is 29.3 Å². The topological polar surface area (TPSA) is 83.0 Å². The zero-order valence-corrected chi connectivity index (χ0v) is 12.1. The molecule has 1 saturated carbocycles. The highest BCUT2D eigenvalue weighted by Crippen LogP contribution is 2.57. The van der Waals surface area contributed by atoms with Gasteiger partial charge in [-0.15, -0.1) is 0 Å². The van der Waals surface area contributed by atoms with E-state index in [1.165, 1.54) is 16.8 Å². The molecule has 0 aliphatic heterocycles. The second kappa shape index (κ2) is 4.83. The van der Waals surface area contributed by atoms with Crippen LogP contribution in [0.4, 0.5) is 13.2 Å². The maximum Gasteiger partial charge on any atom is 0.392 e. The molecule has 24 heavy (non-hydrogen) atoms. The Morgan fingerprint density at radius 1 is 1.29 bits per heavy atom. The zero-order valence-electron chi connectivity index (χ0n) is 12.1. The summed E-state index contributed by atoms with van der Waals surface area (Å²) < 4.78 is 40.2. The third kappa shape index (κ3) is 2.32. The van der Waals surface area contributed by atoms with E-state index >= 15 is 0 Å². The largest absolute Gasteiger partial charge is 0.392 e. The van der Waals surface area contributed by atoms with Gasteiger partial charge in [-0.1, -0.05) is 0 Å². The Balaban J connectivity index is 1.87. The van der Waals surface area contributed by atoms with Gasteiger partial charge < -0.3 is 4.98 Å². The number of nitrogens with zero attached hydrogens (tertiary/aromatic N) is 2. The number of hydrogen-bond donors (Lipinski definition) is 2. The number of fused-ring (bicyclic) bond motifs is 1. The van der Waals surface area contributed by atoms with Crippen molar-refractivity contribution in [2.75, 3.05) is 0 Å². The summed E-state index contributed by atoms with van der Waals surface area (Å²) in [5.41, 5.74) is 0.0705. The minimum Gasteiger partial charge on any atom is -0.313 e. The van der Waals surface area contributed by atoms with Crippen molar-refractivity contribution in [2.24, 2.45) is 5.92 Å². The summed E-state index contributed by atoms with van der Waals surface area (Å²) in [5, 5.41) is 4.25. The van der Waals surface area contributed by atoms with Gasteiger partial charge in [-0.2, -0.15) is 18.3 Å². The molecule has 2 unspecified atom stereocenters. The van der Waals surface area contributed by atoms with Gasteiger partial charge in [0.2, 0.25) is 0 Å². The second-order valence-corrected chi connectivity index (χ2v) is 5.80. The highest BCUT2D eigenvalue weighted by Gasteiger charge is 2.56. The molecule has 124 valence electrons. The van der Waals surface area contributed by atoms with Gasteiger partial charge in [0.15, 0.2) is 0 Å². The van der Waals surface area contributed by atoms with E-state index in [2.05, 4.69) is 15.1 Å². The summed E-state index contributed by atoms with van der Waals surface area (Å²) in [7, 11) is 0. The standard InChI is InChI=1S/C15H11F3N4O2/c16-15(17,18)10-4-7(10)8-5-11(21-22-3-1-2-12(8)22)9-6-19-14(24)20-13(9)23/h1-3,5-7,10H,4H2,(H2,19,20,23,24). The molecule has 9 heteroatoms. The van der Waals surface area contributed by atoms with E-state index in [9.17, 15) is 22.8 Å². The number of rotatable bonds is 2. The summed E-state index contributed by atoms with van der Waals surface area (Å²) in [6.07, 6.45) is -1.41. The zero-order chi connectivity index (χ0) is 17.1. The second-order valence-electron chi connectivity index (χ2n) is 5.80. The van der Waals surface area contributed by atoms with Crippen molar-refractivity contribution in [2.45, 2.75) is 18.5 Å². The van der Waals surface area contributed by atoms with Gasteiger partial charge in [0, 0.05) is 12.4 Å². The van der Waals surface area contributed by atoms with E-state index in [0.29, 0.717) is 11.1 Å². The number of aromatic amines is 2. The SMILES string of the molecule is O=c1[nH]cc(-c2cc(C3CC3C(F)(F)F)c3cccn3n2)c(=O)[nH]1. The van der Waals surface area contributed by atoms with Crippen LogP contribution in [0, 0.1) is 5.92 Å². The van der Waals surface area contributed by atoms with Crippen molar-refractivity contribution in [1.82, 2.24) is 19.6 Å². The normalized spacial score (nSPS) is 20.5. The molecule has 3 aromatic heterocycles. The highest BCUT2D eigenvalue weighted by atomic mass is 19.4. The molecule has 0 spiro atoms. The number of nitrogens with one attached hydrogen (secondary N) is 2. The average molecular weight is 336 g/mol. The van der Waals surface area contributed by atoms with Gasteiger partial charge >= 0.3 is 11.9 Å². The number of hydrogen-bond acceptors (Lipinski definition) is 3. The maximum absolute atomic E-state index is 12.9. The maximum atomic E-state index is 12.9. The molecule has 4 rings (SSSR count). The van der Waals surface area contributed by atoms with E-state index in [-0.39, 0.29) is 17.7 Å². The monoisotopic (exact) mass is 336 g/mol.